The van der Waals surface area contributed by atoms with Gasteiger partial charge in [-0.15, -0.1) is 4.68 Å². The highest BCUT2D eigenvalue weighted by Crippen LogP contribution is 2.38. The smallest absolute Gasteiger partial charge is 0.372 e. The molecule has 0 radical (unpaired) electrons. The van der Waals surface area contributed by atoms with E-state index in [-0.39, 0.29) is 17.4 Å². The van der Waals surface area contributed by atoms with Crippen LogP contribution in [0.5, 0.6) is 0 Å². The fraction of sp³-hybridized carbons (Fsp3) is 0.214. The van der Waals surface area contributed by atoms with Crippen LogP contribution in [0.25, 0.3) is 11.3 Å². The molecule has 0 saturated carbocycles. The van der Waals surface area contributed by atoms with Gasteiger partial charge >= 0.3 is 11.5 Å². The molecule has 0 saturated heterocycles. The van der Waals surface area contributed by atoms with Gasteiger partial charge in [0.25, 0.3) is 5.91 Å². The molecule has 194 valence electrons. The second-order valence-corrected chi connectivity index (χ2v) is 8.59. The fourth-order valence-electron chi connectivity index (χ4n) is 4.29. The van der Waals surface area contributed by atoms with Crippen molar-refractivity contribution in [2.24, 2.45) is 24.3 Å². The van der Waals surface area contributed by atoms with Gasteiger partial charge in [-0.2, -0.15) is 0 Å². The average molecular weight is 513 g/mol. The van der Waals surface area contributed by atoms with Crippen LogP contribution in [-0.4, -0.2) is 28.6 Å². The molecule has 10 heteroatoms. The number of nitrogens with zero attached hydrogens (tertiary/aromatic N) is 6. The van der Waals surface area contributed by atoms with E-state index < -0.39 is 4.92 Å². The highest BCUT2D eigenvalue weighted by atomic mass is 16.6. The molecule has 3 aromatic carbocycles. The number of rotatable bonds is 9. The summed E-state index contributed by atoms with van der Waals surface area (Å²) in [7, 11) is 3.42. The summed E-state index contributed by atoms with van der Waals surface area (Å²) in [5.41, 5.74) is 3.21. The molecule has 1 amide bonds. The van der Waals surface area contributed by atoms with Crippen molar-refractivity contribution in [3.8, 4) is 11.3 Å². The third-order valence-corrected chi connectivity index (χ3v) is 6.39. The van der Waals surface area contributed by atoms with Crippen molar-refractivity contribution in [2.45, 2.75) is 13.8 Å². The van der Waals surface area contributed by atoms with E-state index in [2.05, 4.69) is 34.3 Å². The zero-order valence-electron chi connectivity index (χ0n) is 21.8. The summed E-state index contributed by atoms with van der Waals surface area (Å²) in [4.78, 5) is 26.8. The highest BCUT2D eigenvalue weighted by Gasteiger charge is 2.37. The van der Waals surface area contributed by atoms with Gasteiger partial charge < -0.3 is 10.2 Å². The van der Waals surface area contributed by atoms with Crippen LogP contribution in [0, 0.1) is 10.1 Å². The molecule has 1 aromatic heterocycles. The lowest BCUT2D eigenvalue weighted by atomic mass is 10.1. The average Bonchev–Trinajstić information content (AvgIpc) is 3.19. The normalized spacial score (nSPS) is 11.1. The summed E-state index contributed by atoms with van der Waals surface area (Å²) in [5, 5.41) is 23.8. The van der Waals surface area contributed by atoms with Crippen LogP contribution < -0.4 is 14.9 Å². The molecule has 0 aliphatic rings. The number of hydrogen-bond donors (Lipinski definition) is 1. The van der Waals surface area contributed by atoms with Gasteiger partial charge in [-0.25, -0.2) is 4.68 Å². The Labute approximate surface area is 221 Å². The minimum absolute atomic E-state index is 0.0875. The van der Waals surface area contributed by atoms with Gasteiger partial charge in [-0.05, 0) is 49.3 Å². The van der Waals surface area contributed by atoms with Crippen molar-refractivity contribution < 1.29 is 14.4 Å². The zero-order chi connectivity index (χ0) is 27.2. The van der Waals surface area contributed by atoms with Crippen molar-refractivity contribution in [3.63, 3.8) is 0 Å². The molecule has 1 heterocycles. The van der Waals surface area contributed by atoms with Crippen LogP contribution in [0.2, 0.25) is 0 Å². The Morgan fingerprint density at radius 2 is 1.63 bits per heavy atom. The Hall–Kier alpha value is -4.86. The number of carbonyl (C=O) groups excluding carboxylic acids is 1. The maximum atomic E-state index is 13.0. The second-order valence-electron chi connectivity index (χ2n) is 8.59. The lowest BCUT2D eigenvalue weighted by Gasteiger charge is -2.22. The third kappa shape index (κ3) is 5.29. The van der Waals surface area contributed by atoms with E-state index in [0.717, 1.165) is 18.8 Å². The summed E-state index contributed by atoms with van der Waals surface area (Å²) in [6, 6.07) is 23.5. The van der Waals surface area contributed by atoms with Gasteiger partial charge in [0.2, 0.25) is 0 Å². The number of nitro groups is 1. The van der Waals surface area contributed by atoms with E-state index >= 15 is 0 Å². The van der Waals surface area contributed by atoms with Crippen molar-refractivity contribution in [1.29, 1.82) is 0 Å². The number of aromatic nitrogens is 2. The van der Waals surface area contributed by atoms with Gasteiger partial charge in [0.1, 0.15) is 12.7 Å². The first-order chi connectivity index (χ1) is 18.3. The minimum atomic E-state index is -0.446. The minimum Gasteiger partial charge on any atom is -0.372 e. The number of carbonyl (C=O) groups is 1. The molecule has 4 rings (SSSR count). The first-order valence-electron chi connectivity index (χ1n) is 12.3. The molecule has 10 nitrogen and oxygen atoms in total. The summed E-state index contributed by atoms with van der Waals surface area (Å²) < 4.78 is 3.25. The predicted molar refractivity (Wildman–Crippen MR) is 147 cm³/mol. The fourth-order valence-corrected chi connectivity index (χ4v) is 4.29. The number of hydrogen-bond acceptors (Lipinski definition) is 6. The number of azo groups is 1. The first-order valence-corrected chi connectivity index (χ1v) is 12.3. The summed E-state index contributed by atoms with van der Waals surface area (Å²) in [5.74, 6) is -0.203. The maximum absolute atomic E-state index is 13.0. The Balaban J connectivity index is 1.79. The Kier molecular flexibility index (Phi) is 7.91. The van der Waals surface area contributed by atoms with Crippen molar-refractivity contribution in [2.75, 3.05) is 23.3 Å². The van der Waals surface area contributed by atoms with Crippen LogP contribution in [0.3, 0.4) is 0 Å². The molecule has 0 bridgehead atoms. The topological polar surface area (TPSA) is 109 Å². The second kappa shape index (κ2) is 11.5. The number of anilines is 2. The molecule has 0 aliphatic carbocycles. The van der Waals surface area contributed by atoms with E-state index in [0.29, 0.717) is 28.2 Å². The Morgan fingerprint density at radius 3 is 2.24 bits per heavy atom. The monoisotopic (exact) mass is 512 g/mol. The van der Waals surface area contributed by atoms with E-state index in [9.17, 15) is 14.9 Å². The zero-order valence-corrected chi connectivity index (χ0v) is 21.8. The van der Waals surface area contributed by atoms with Gasteiger partial charge in [0, 0.05) is 37.0 Å². The molecule has 0 atom stereocenters. The first kappa shape index (κ1) is 26.2. The predicted octanol–water partition coefficient (Wildman–Crippen LogP) is 5.94. The number of nitrogens with one attached hydrogen (secondary N) is 1. The van der Waals surface area contributed by atoms with E-state index in [1.165, 1.54) is 0 Å². The molecule has 0 aliphatic heterocycles. The van der Waals surface area contributed by atoms with E-state index in [1.807, 2.05) is 48.5 Å². The SMILES string of the molecule is CCN(CC)c1ccc(/N=N/c2c([N+](=O)[O-])c(-c3ccccc3)n(C)[n+]2C)c(NC(=O)c2ccccc2)c1. The number of amides is 1. The highest BCUT2D eigenvalue weighted by molar-refractivity contribution is 6.06. The van der Waals surface area contributed by atoms with Crippen LogP contribution in [0.4, 0.5) is 28.6 Å². The standard InChI is InChI=1S/C28H29N7O3/c1-5-34(6-2)22-17-18-23(24(19-22)29-28(36)21-15-11-8-12-16-21)30-31-27-26(35(37)38)25(32(3)33(27)4)20-13-9-7-10-14-20/h7-19H,5-6H2,1-4H3/p+1. The molecule has 0 fully saturated rings. The summed E-state index contributed by atoms with van der Waals surface area (Å²) in [6.07, 6.45) is 0. The van der Waals surface area contributed by atoms with Crippen molar-refractivity contribution in [1.82, 2.24) is 4.68 Å². The van der Waals surface area contributed by atoms with Gasteiger partial charge in [0.05, 0.1) is 15.7 Å². The van der Waals surface area contributed by atoms with Crippen LogP contribution in [0.1, 0.15) is 24.2 Å². The molecular formula is C28H30N7O3+. The largest absolute Gasteiger partial charge is 0.449 e. The Morgan fingerprint density at radius 1 is 1.00 bits per heavy atom. The van der Waals surface area contributed by atoms with Gasteiger partial charge in [-0.1, -0.05) is 48.5 Å². The lowest BCUT2D eigenvalue weighted by molar-refractivity contribution is -0.739. The van der Waals surface area contributed by atoms with Crippen LogP contribution in [-0.2, 0) is 14.1 Å². The molecule has 0 unspecified atom stereocenters. The molecule has 4 aromatic rings. The molecule has 0 spiro atoms. The molecule has 1 N–H and O–H groups in total. The van der Waals surface area contributed by atoms with Crippen molar-refractivity contribution >= 4 is 34.5 Å². The molecular weight excluding hydrogens is 482 g/mol. The van der Waals surface area contributed by atoms with E-state index in [1.54, 1.807) is 53.8 Å². The third-order valence-electron chi connectivity index (χ3n) is 6.39. The quantitative estimate of drug-likeness (QED) is 0.130. The van der Waals surface area contributed by atoms with Crippen LogP contribution in [0.15, 0.2) is 89.1 Å². The van der Waals surface area contributed by atoms with Crippen LogP contribution >= 0.6 is 0 Å². The van der Waals surface area contributed by atoms with E-state index in [4.69, 9.17) is 0 Å². The Bertz CT molecular complexity index is 1480. The molecule has 38 heavy (non-hydrogen) atoms. The van der Waals surface area contributed by atoms with Gasteiger partial charge in [-0.3, -0.25) is 14.9 Å². The summed E-state index contributed by atoms with van der Waals surface area (Å²) in [6.45, 7) is 5.69. The lowest BCUT2D eigenvalue weighted by Crippen LogP contribution is -2.37. The number of benzene rings is 3. The summed E-state index contributed by atoms with van der Waals surface area (Å²) >= 11 is 0. The van der Waals surface area contributed by atoms with Crippen molar-refractivity contribution in [3.05, 3.63) is 94.5 Å². The maximum Gasteiger partial charge on any atom is 0.449 e. The van der Waals surface area contributed by atoms with Gasteiger partial charge in [0.15, 0.2) is 5.69 Å².